The Morgan fingerprint density at radius 3 is 2.21 bits per heavy atom. The molecule has 11 heteroatoms. The Balaban J connectivity index is 1.56. The first kappa shape index (κ1) is 37.4. The molecule has 3 aliphatic rings. The van der Waals surface area contributed by atoms with Crippen molar-refractivity contribution < 1.29 is 29.0 Å². The molecule has 48 heavy (non-hydrogen) atoms. The highest BCUT2D eigenvalue weighted by molar-refractivity contribution is 5.95. The van der Waals surface area contributed by atoms with Crippen LogP contribution in [0.25, 0.3) is 0 Å². The topological polar surface area (TPSA) is 163 Å². The fourth-order valence-electron chi connectivity index (χ4n) is 7.38. The van der Waals surface area contributed by atoms with Gasteiger partial charge in [0.25, 0.3) is 0 Å². The summed E-state index contributed by atoms with van der Waals surface area (Å²) in [5.74, 6) is -1.60. The van der Waals surface area contributed by atoms with Crippen LogP contribution in [0.1, 0.15) is 85.1 Å². The first-order chi connectivity index (χ1) is 22.5. The third kappa shape index (κ3) is 9.16. The Morgan fingerprint density at radius 2 is 1.69 bits per heavy atom. The van der Waals surface area contributed by atoms with Crippen molar-refractivity contribution in [1.82, 2.24) is 20.9 Å². The minimum Gasteiger partial charge on any atom is -0.381 e. The number of aliphatic hydroxyl groups excluding tert-OH is 1. The van der Waals surface area contributed by atoms with Gasteiger partial charge in [0, 0.05) is 25.1 Å². The lowest BCUT2D eigenvalue weighted by atomic mass is 9.76. The van der Waals surface area contributed by atoms with Gasteiger partial charge in [0.1, 0.15) is 12.1 Å². The molecule has 1 saturated heterocycles. The molecule has 2 aliphatic carbocycles. The second-order valence-electron chi connectivity index (χ2n) is 15.7. The van der Waals surface area contributed by atoms with E-state index in [0.29, 0.717) is 24.3 Å². The van der Waals surface area contributed by atoms with Crippen molar-refractivity contribution in [3.05, 3.63) is 48.0 Å². The maximum Gasteiger partial charge on any atom is 0.315 e. The molecule has 1 aliphatic heterocycles. The molecule has 0 bridgehead atoms. The number of carbonyl (C=O) groups is 4. The van der Waals surface area contributed by atoms with Crippen molar-refractivity contribution in [2.75, 3.05) is 13.7 Å². The zero-order valence-corrected chi connectivity index (χ0v) is 29.6. The summed E-state index contributed by atoms with van der Waals surface area (Å²) in [6.45, 7) is 14.2. The van der Waals surface area contributed by atoms with Gasteiger partial charge in [0.15, 0.2) is 6.10 Å². The second-order valence-corrected chi connectivity index (χ2v) is 15.7. The standard InChI is InChI=1S/C37H57N5O6/c1-22(2)27-21-42(29(23(27)3)33(45)39-28(19-24-13-14-24)30(43)32(38)44)34(46)31(36(4,5)6)40-35(47)41-37(17-15-26(48-7)16-18-37)20-25-11-9-8-10-12-25/h8-12,22,24,26-31,43H,3,13-21H2,1-2,4-7H3,(H2,38,44)(H,39,45)(H2,40,41,47)/t26?,27-,28?,29+,30?,31-,37?/m1/s1. The number of hydrogen-bond donors (Lipinski definition) is 5. The summed E-state index contributed by atoms with van der Waals surface area (Å²) in [5, 5.41) is 19.7. The summed E-state index contributed by atoms with van der Waals surface area (Å²) in [6.07, 6.45) is 4.62. The van der Waals surface area contributed by atoms with Crippen molar-refractivity contribution in [1.29, 1.82) is 0 Å². The summed E-state index contributed by atoms with van der Waals surface area (Å²) in [4.78, 5) is 55.8. The highest BCUT2D eigenvalue weighted by Crippen LogP contribution is 2.37. The Hall–Kier alpha value is -3.44. The van der Waals surface area contributed by atoms with E-state index >= 15 is 0 Å². The number of aliphatic hydroxyl groups is 1. The van der Waals surface area contributed by atoms with Crippen LogP contribution in [0, 0.1) is 23.2 Å². The van der Waals surface area contributed by atoms with E-state index in [0.717, 1.165) is 44.1 Å². The fraction of sp³-hybridized carbons (Fsp3) is 0.676. The zero-order valence-electron chi connectivity index (χ0n) is 29.6. The van der Waals surface area contributed by atoms with Gasteiger partial charge in [-0.05, 0) is 66.9 Å². The lowest BCUT2D eigenvalue weighted by Crippen LogP contribution is -2.63. The maximum atomic E-state index is 14.5. The predicted octanol–water partition coefficient (Wildman–Crippen LogP) is 3.44. The van der Waals surface area contributed by atoms with Gasteiger partial charge in [-0.25, -0.2) is 4.79 Å². The summed E-state index contributed by atoms with van der Waals surface area (Å²) in [6, 6.07) is 6.74. The predicted molar refractivity (Wildman–Crippen MR) is 184 cm³/mol. The number of primary amides is 1. The molecule has 2 unspecified atom stereocenters. The van der Waals surface area contributed by atoms with Crippen LogP contribution in [0.3, 0.4) is 0 Å². The lowest BCUT2D eigenvalue weighted by Gasteiger charge is -2.42. The van der Waals surface area contributed by atoms with Crippen LogP contribution in [0.15, 0.2) is 42.5 Å². The average molecular weight is 668 g/mol. The van der Waals surface area contributed by atoms with Crippen LogP contribution < -0.4 is 21.7 Å². The average Bonchev–Trinajstić information content (AvgIpc) is 3.77. The Bertz CT molecular complexity index is 1310. The van der Waals surface area contributed by atoms with Crippen LogP contribution in [-0.2, 0) is 25.5 Å². The van der Waals surface area contributed by atoms with Gasteiger partial charge in [0.2, 0.25) is 17.7 Å². The lowest BCUT2D eigenvalue weighted by molar-refractivity contribution is -0.142. The normalized spacial score (nSPS) is 26.5. The van der Waals surface area contributed by atoms with Gasteiger partial charge in [-0.3, -0.25) is 14.4 Å². The minimum atomic E-state index is -1.55. The van der Waals surface area contributed by atoms with Crippen molar-refractivity contribution in [3.8, 4) is 0 Å². The fourth-order valence-corrected chi connectivity index (χ4v) is 7.38. The van der Waals surface area contributed by atoms with Gasteiger partial charge in [-0.1, -0.05) is 84.4 Å². The van der Waals surface area contributed by atoms with Crippen molar-refractivity contribution in [2.24, 2.45) is 28.9 Å². The molecule has 11 nitrogen and oxygen atoms in total. The molecule has 5 atom stereocenters. The van der Waals surface area contributed by atoms with Crippen molar-refractivity contribution >= 4 is 23.8 Å². The summed E-state index contributed by atoms with van der Waals surface area (Å²) in [7, 11) is 1.71. The van der Waals surface area contributed by atoms with E-state index in [1.807, 2.05) is 52.8 Å². The van der Waals surface area contributed by atoms with E-state index in [4.69, 9.17) is 10.5 Å². The monoisotopic (exact) mass is 667 g/mol. The number of carbonyl (C=O) groups excluding carboxylic acids is 4. The smallest absolute Gasteiger partial charge is 0.315 e. The van der Waals surface area contributed by atoms with E-state index in [-0.39, 0.29) is 24.5 Å². The highest BCUT2D eigenvalue weighted by Gasteiger charge is 2.49. The molecule has 3 fully saturated rings. The molecule has 6 N–H and O–H groups in total. The van der Waals surface area contributed by atoms with Crippen molar-refractivity contribution in [3.63, 3.8) is 0 Å². The second kappa shape index (κ2) is 15.4. The maximum absolute atomic E-state index is 14.5. The number of ether oxygens (including phenoxy) is 1. The van der Waals surface area contributed by atoms with Gasteiger partial charge in [-0.2, -0.15) is 0 Å². The number of likely N-dealkylation sites (tertiary alicyclic amines) is 1. The molecular weight excluding hydrogens is 610 g/mol. The van der Waals surface area contributed by atoms with Crippen molar-refractivity contribution in [2.45, 2.75) is 122 Å². The van der Waals surface area contributed by atoms with Gasteiger partial charge >= 0.3 is 6.03 Å². The number of urea groups is 1. The molecule has 4 rings (SSSR count). The first-order valence-corrected chi connectivity index (χ1v) is 17.5. The molecule has 1 heterocycles. The number of rotatable bonds is 13. The van der Waals surface area contributed by atoms with Crippen LogP contribution in [0.4, 0.5) is 4.79 Å². The van der Waals surface area contributed by atoms with E-state index in [9.17, 15) is 24.3 Å². The molecule has 2 saturated carbocycles. The van der Waals surface area contributed by atoms with Crippen LogP contribution in [-0.4, -0.2) is 83.3 Å². The first-order valence-electron chi connectivity index (χ1n) is 17.5. The minimum absolute atomic E-state index is 0.0912. The quantitative estimate of drug-likeness (QED) is 0.203. The van der Waals surface area contributed by atoms with E-state index in [2.05, 4.69) is 34.7 Å². The SMILES string of the molecule is C=C1[C@@H](C(=O)NC(CC2CC2)C(O)C(N)=O)N(C(=O)[C@@H](NC(=O)NC2(Cc3ccccc3)CCC(OC)CC2)C(C)(C)C)C[C@@H]1C(C)C. The molecule has 266 valence electrons. The van der Waals surface area contributed by atoms with Gasteiger partial charge in [0.05, 0.1) is 12.1 Å². The largest absolute Gasteiger partial charge is 0.381 e. The van der Waals surface area contributed by atoms with Gasteiger partial charge < -0.3 is 36.4 Å². The molecule has 0 radical (unpaired) electrons. The van der Waals surface area contributed by atoms with Crippen LogP contribution in [0.2, 0.25) is 0 Å². The van der Waals surface area contributed by atoms with E-state index in [1.54, 1.807) is 7.11 Å². The third-order valence-corrected chi connectivity index (χ3v) is 10.5. The number of benzene rings is 1. The summed E-state index contributed by atoms with van der Waals surface area (Å²) < 4.78 is 5.62. The molecule has 0 aromatic heterocycles. The molecule has 1 aromatic rings. The number of amides is 5. The highest BCUT2D eigenvalue weighted by atomic mass is 16.5. The summed E-state index contributed by atoms with van der Waals surface area (Å²) >= 11 is 0. The Kier molecular flexibility index (Phi) is 12.0. The molecule has 0 spiro atoms. The third-order valence-electron chi connectivity index (χ3n) is 10.5. The number of methoxy groups -OCH3 is 1. The van der Waals surface area contributed by atoms with Gasteiger partial charge in [-0.15, -0.1) is 0 Å². The molecular formula is C37H57N5O6. The number of nitrogens with zero attached hydrogens (tertiary/aromatic N) is 1. The number of nitrogens with one attached hydrogen (secondary N) is 3. The Morgan fingerprint density at radius 1 is 1.06 bits per heavy atom. The zero-order chi connectivity index (χ0) is 35.4. The Labute approximate surface area is 285 Å². The van der Waals surface area contributed by atoms with E-state index in [1.165, 1.54) is 4.90 Å². The molecule has 5 amide bonds. The summed E-state index contributed by atoms with van der Waals surface area (Å²) in [5.41, 5.74) is 5.90. The van der Waals surface area contributed by atoms with Crippen LogP contribution >= 0.6 is 0 Å². The number of hydrogen-bond acceptors (Lipinski definition) is 6. The molecule has 1 aromatic carbocycles. The van der Waals surface area contributed by atoms with Crippen LogP contribution in [0.5, 0.6) is 0 Å². The number of nitrogens with two attached hydrogens (primary N) is 1. The van der Waals surface area contributed by atoms with E-state index < -0.39 is 58.9 Å².